The number of nitrogens with two attached hydrogens (primary N) is 1. The molecule has 1 saturated heterocycles. The monoisotopic (exact) mass is 493 g/mol. The summed E-state index contributed by atoms with van der Waals surface area (Å²) in [5.74, 6) is 0.559. The zero-order chi connectivity index (χ0) is 25.1. The highest BCUT2D eigenvalue weighted by atomic mass is 35.5. The average molecular weight is 494 g/mol. The van der Waals surface area contributed by atoms with E-state index in [9.17, 15) is 4.79 Å². The number of piperazine rings is 1. The largest absolute Gasteiger partial charge is 0.369 e. The third-order valence-corrected chi connectivity index (χ3v) is 6.23. The molecule has 180 valence electrons. The van der Waals surface area contributed by atoms with Crippen molar-refractivity contribution in [3.8, 4) is 0 Å². The van der Waals surface area contributed by atoms with Crippen molar-refractivity contribution >= 4 is 57.8 Å². The van der Waals surface area contributed by atoms with Gasteiger partial charge in [-0.25, -0.2) is 9.83 Å². The fourth-order valence-electron chi connectivity index (χ4n) is 3.92. The van der Waals surface area contributed by atoms with Gasteiger partial charge in [-0.05, 0) is 26.0 Å². The lowest BCUT2D eigenvalue weighted by Gasteiger charge is -2.38. The molecule has 0 saturated carbocycles. The summed E-state index contributed by atoms with van der Waals surface area (Å²) >= 11 is 6.79. The zero-order valence-corrected chi connectivity index (χ0v) is 20.0. The van der Waals surface area contributed by atoms with E-state index in [-0.39, 0.29) is 23.7 Å². The molecule has 1 aliphatic rings. The molecule has 4 rings (SSSR count). The van der Waals surface area contributed by atoms with Gasteiger partial charge < -0.3 is 26.1 Å². The van der Waals surface area contributed by atoms with E-state index in [1.165, 1.54) is 10.7 Å². The summed E-state index contributed by atoms with van der Waals surface area (Å²) in [7, 11) is 0. The van der Waals surface area contributed by atoms with Crippen molar-refractivity contribution in [1.29, 1.82) is 0 Å². The van der Waals surface area contributed by atoms with E-state index in [1.807, 2.05) is 11.8 Å². The van der Waals surface area contributed by atoms with Gasteiger partial charge in [0.1, 0.15) is 0 Å². The minimum Gasteiger partial charge on any atom is -0.369 e. The van der Waals surface area contributed by atoms with Crippen molar-refractivity contribution in [2.24, 2.45) is 5.73 Å². The molecule has 4 N–H and O–H groups in total. The standard InChI is InChI=1S/C22H24ClN11O/c1-5-27-20-21-28-12-17(26-4)34(21)31-22(30-20)29-15-10-14(25-3)11-16(18(15)23)33-8-6-32(7-9-33)13(2)19(24)35/h10-13H,5-9H2,1-2H3,(H2,24,35)(H2,27,29,30,31)/t13-/m0/s1. The maximum absolute atomic E-state index is 11.5. The third-order valence-electron chi connectivity index (χ3n) is 5.83. The number of imidazole rings is 1. The molecule has 3 aromatic rings. The zero-order valence-electron chi connectivity index (χ0n) is 19.3. The van der Waals surface area contributed by atoms with Crippen LogP contribution in [0.3, 0.4) is 0 Å². The van der Waals surface area contributed by atoms with Crippen LogP contribution in [0.25, 0.3) is 15.3 Å². The first-order valence-electron chi connectivity index (χ1n) is 11.0. The molecule has 0 bridgehead atoms. The number of aromatic nitrogens is 4. The quantitative estimate of drug-likeness (QED) is 0.429. The summed E-state index contributed by atoms with van der Waals surface area (Å²) in [4.78, 5) is 31.4. The number of amides is 1. The van der Waals surface area contributed by atoms with Crippen molar-refractivity contribution in [3.63, 3.8) is 0 Å². The fourth-order valence-corrected chi connectivity index (χ4v) is 4.19. The van der Waals surface area contributed by atoms with Gasteiger partial charge in [0.2, 0.25) is 5.91 Å². The molecule has 2 aromatic heterocycles. The van der Waals surface area contributed by atoms with Crippen LogP contribution in [-0.4, -0.2) is 69.2 Å². The van der Waals surface area contributed by atoms with Crippen molar-refractivity contribution in [1.82, 2.24) is 24.5 Å². The van der Waals surface area contributed by atoms with Crippen LogP contribution in [0.1, 0.15) is 13.8 Å². The van der Waals surface area contributed by atoms with E-state index < -0.39 is 0 Å². The highest BCUT2D eigenvalue weighted by Gasteiger charge is 2.26. The molecule has 0 radical (unpaired) electrons. The molecule has 0 spiro atoms. The molecular weight excluding hydrogens is 470 g/mol. The van der Waals surface area contributed by atoms with E-state index in [0.29, 0.717) is 66.3 Å². The van der Waals surface area contributed by atoms with Crippen LogP contribution in [0.15, 0.2) is 18.3 Å². The third kappa shape index (κ3) is 4.75. The summed E-state index contributed by atoms with van der Waals surface area (Å²) in [6, 6.07) is 3.03. The van der Waals surface area contributed by atoms with Crippen LogP contribution >= 0.6 is 11.6 Å². The molecular formula is C22H24ClN11O. The summed E-state index contributed by atoms with van der Waals surface area (Å²) in [6.45, 7) is 21.8. The Morgan fingerprint density at radius 1 is 1.26 bits per heavy atom. The first-order chi connectivity index (χ1) is 16.9. The number of carbonyl (C=O) groups is 1. The molecule has 0 aliphatic carbocycles. The van der Waals surface area contributed by atoms with E-state index in [2.05, 4.69) is 40.3 Å². The number of hydrogen-bond donors (Lipinski definition) is 3. The number of nitrogens with one attached hydrogen (secondary N) is 2. The summed E-state index contributed by atoms with van der Waals surface area (Å²) in [5.41, 5.74) is 7.45. The number of anilines is 4. The molecule has 3 heterocycles. The first-order valence-corrected chi connectivity index (χ1v) is 11.4. The van der Waals surface area contributed by atoms with Gasteiger partial charge in [0.25, 0.3) is 17.4 Å². The van der Waals surface area contributed by atoms with Gasteiger partial charge in [-0.1, -0.05) is 23.3 Å². The van der Waals surface area contributed by atoms with Crippen LogP contribution in [0.5, 0.6) is 0 Å². The number of halogens is 1. The minimum absolute atomic E-state index is 0.200. The lowest BCUT2D eigenvalue weighted by atomic mass is 10.1. The minimum atomic E-state index is -0.355. The molecule has 35 heavy (non-hydrogen) atoms. The van der Waals surface area contributed by atoms with Gasteiger partial charge in [0.05, 0.1) is 29.5 Å². The predicted octanol–water partition coefficient (Wildman–Crippen LogP) is 3.05. The van der Waals surface area contributed by atoms with E-state index in [0.717, 1.165) is 0 Å². The van der Waals surface area contributed by atoms with Crippen molar-refractivity contribution in [2.75, 3.05) is 48.3 Å². The van der Waals surface area contributed by atoms with Crippen LogP contribution in [0, 0.1) is 13.1 Å². The van der Waals surface area contributed by atoms with Crippen LogP contribution in [-0.2, 0) is 4.79 Å². The Morgan fingerprint density at radius 2 is 2.00 bits per heavy atom. The Kier molecular flexibility index (Phi) is 6.87. The van der Waals surface area contributed by atoms with Crippen LogP contribution in [0.2, 0.25) is 5.02 Å². The highest BCUT2D eigenvalue weighted by Crippen LogP contribution is 2.39. The SMILES string of the molecule is [C-]#[N+]c1cc(Nc2nc(NCC)c3ncc([N+]#[C-])n3n2)c(Cl)c(N2CCN([C@@H](C)C(N)=O)CC2)c1. The molecule has 1 aliphatic heterocycles. The molecule has 0 unspecified atom stereocenters. The normalized spacial score (nSPS) is 14.8. The van der Waals surface area contributed by atoms with Gasteiger partial charge in [0, 0.05) is 38.4 Å². The number of rotatable bonds is 7. The Bertz CT molecular complexity index is 1350. The van der Waals surface area contributed by atoms with Gasteiger partial charge >= 0.3 is 0 Å². The van der Waals surface area contributed by atoms with Crippen LogP contribution < -0.4 is 21.3 Å². The summed E-state index contributed by atoms with van der Waals surface area (Å²) < 4.78 is 1.41. The van der Waals surface area contributed by atoms with Gasteiger partial charge in [-0.3, -0.25) is 9.69 Å². The fraction of sp³-hybridized carbons (Fsp3) is 0.364. The van der Waals surface area contributed by atoms with Crippen molar-refractivity contribution in [2.45, 2.75) is 19.9 Å². The molecule has 1 amide bonds. The second-order valence-corrected chi connectivity index (χ2v) is 8.32. The van der Waals surface area contributed by atoms with Gasteiger partial charge in [-0.15, -0.1) is 4.52 Å². The lowest BCUT2D eigenvalue weighted by Crippen LogP contribution is -2.53. The molecule has 1 atom stereocenters. The number of benzene rings is 1. The van der Waals surface area contributed by atoms with Crippen molar-refractivity contribution < 1.29 is 4.79 Å². The number of primary amides is 1. The van der Waals surface area contributed by atoms with E-state index in [4.69, 9.17) is 30.5 Å². The molecule has 1 fully saturated rings. The Balaban J connectivity index is 1.66. The smallest absolute Gasteiger partial charge is 0.275 e. The highest BCUT2D eigenvalue weighted by molar-refractivity contribution is 6.36. The predicted molar refractivity (Wildman–Crippen MR) is 135 cm³/mol. The van der Waals surface area contributed by atoms with E-state index in [1.54, 1.807) is 19.1 Å². The lowest BCUT2D eigenvalue weighted by molar-refractivity contribution is -0.122. The molecule has 1 aromatic carbocycles. The molecule has 12 nitrogen and oxygen atoms in total. The first kappa shape index (κ1) is 24.0. The number of carbonyl (C=O) groups excluding carboxylic acids is 1. The van der Waals surface area contributed by atoms with Gasteiger partial charge in [-0.2, -0.15) is 4.98 Å². The number of nitrogens with zero attached hydrogens (tertiary/aromatic N) is 8. The van der Waals surface area contributed by atoms with Gasteiger partial charge in [0.15, 0.2) is 11.5 Å². The topological polar surface area (TPSA) is 125 Å². The molecule has 13 heteroatoms. The maximum Gasteiger partial charge on any atom is 0.275 e. The second kappa shape index (κ2) is 10.0. The summed E-state index contributed by atoms with van der Waals surface area (Å²) in [5, 5.41) is 11.1. The Labute approximate surface area is 207 Å². The number of fused-ring (bicyclic) bond motifs is 1. The van der Waals surface area contributed by atoms with Crippen molar-refractivity contribution in [3.05, 3.63) is 46.2 Å². The Hall–Kier alpha value is -4.13. The van der Waals surface area contributed by atoms with E-state index >= 15 is 0 Å². The average Bonchev–Trinajstić information content (AvgIpc) is 3.28. The Morgan fingerprint density at radius 3 is 2.63 bits per heavy atom. The summed E-state index contributed by atoms with van der Waals surface area (Å²) in [6.07, 6.45) is 1.44. The van der Waals surface area contributed by atoms with Crippen LogP contribution in [0.4, 0.5) is 34.6 Å². The number of hydrogen-bond acceptors (Lipinski definition) is 8. The second-order valence-electron chi connectivity index (χ2n) is 7.94. The maximum atomic E-state index is 11.5.